The molecule has 0 N–H and O–H groups in total. The number of hydrogen-bond acceptors (Lipinski definition) is 1. The first-order valence-corrected chi connectivity index (χ1v) is 5.33. The molecular weight excluding hydrogens is 160 g/mol. The summed E-state index contributed by atoms with van der Waals surface area (Å²) in [5.74, 6) is 0. The summed E-state index contributed by atoms with van der Waals surface area (Å²) in [7, 11) is 11.1. The maximum Gasteiger partial charge on any atom is 0.0781 e. The maximum absolute atomic E-state index is 2.34. The largest absolute Gasteiger partial charge is 0.331 e. The topological polar surface area (TPSA) is 3.24 Å². The Kier molecular flexibility index (Phi) is 5.57. The predicted octanol–water partition coefficient (Wildman–Crippen LogP) is 1.81. The molecule has 0 aliphatic heterocycles. The molecule has 0 radical (unpaired) electrons. The van der Waals surface area contributed by atoms with Crippen LogP contribution in [-0.4, -0.2) is 57.2 Å². The first kappa shape index (κ1) is 12.9. The lowest BCUT2D eigenvalue weighted by Gasteiger charge is -2.27. The van der Waals surface area contributed by atoms with Crippen molar-refractivity contribution in [2.24, 2.45) is 0 Å². The van der Waals surface area contributed by atoms with Gasteiger partial charge in [0.2, 0.25) is 0 Å². The van der Waals surface area contributed by atoms with Crippen LogP contribution >= 0.6 is 0 Å². The van der Waals surface area contributed by atoms with E-state index in [1.807, 2.05) is 0 Å². The third kappa shape index (κ3) is 7.03. The molecule has 0 fully saturated rings. The van der Waals surface area contributed by atoms with Gasteiger partial charge in [-0.1, -0.05) is 6.92 Å². The van der Waals surface area contributed by atoms with Crippen molar-refractivity contribution in [3.8, 4) is 0 Å². The molecule has 0 heterocycles. The first-order chi connectivity index (χ1) is 5.87. The van der Waals surface area contributed by atoms with Crippen molar-refractivity contribution in [1.82, 2.24) is 4.90 Å². The highest BCUT2D eigenvalue weighted by molar-refractivity contribution is 4.63. The third-order valence-electron chi connectivity index (χ3n) is 2.57. The standard InChI is InChI=1S/C11H27N2/c1-7-11(12(2)3)9-8-10-13(4,5)6/h11H,7-10H2,1-6H3/q+1. The molecule has 0 aromatic rings. The van der Waals surface area contributed by atoms with Gasteiger partial charge in [-0.05, 0) is 33.4 Å². The van der Waals surface area contributed by atoms with Crippen LogP contribution in [0.15, 0.2) is 0 Å². The molecule has 0 bridgehead atoms. The molecule has 0 aromatic carbocycles. The van der Waals surface area contributed by atoms with E-state index in [4.69, 9.17) is 0 Å². The third-order valence-corrected chi connectivity index (χ3v) is 2.57. The minimum Gasteiger partial charge on any atom is -0.331 e. The molecule has 1 atom stereocenters. The molecule has 13 heavy (non-hydrogen) atoms. The SMILES string of the molecule is CCC(CCC[N+](C)(C)C)N(C)C. The van der Waals surface area contributed by atoms with E-state index in [1.165, 1.54) is 25.8 Å². The summed E-state index contributed by atoms with van der Waals surface area (Å²) in [6.07, 6.45) is 3.93. The van der Waals surface area contributed by atoms with Gasteiger partial charge in [0.1, 0.15) is 0 Å². The van der Waals surface area contributed by atoms with Crippen LogP contribution in [0.5, 0.6) is 0 Å². The van der Waals surface area contributed by atoms with Crippen LogP contribution in [0.3, 0.4) is 0 Å². The number of hydrogen-bond donors (Lipinski definition) is 0. The second kappa shape index (κ2) is 5.61. The minimum atomic E-state index is 0.770. The van der Waals surface area contributed by atoms with E-state index in [0.29, 0.717) is 0 Å². The fourth-order valence-corrected chi connectivity index (χ4v) is 1.63. The van der Waals surface area contributed by atoms with Crippen LogP contribution in [0.2, 0.25) is 0 Å². The van der Waals surface area contributed by atoms with Crippen molar-refractivity contribution in [2.45, 2.75) is 32.2 Å². The Morgan fingerprint density at radius 2 is 1.69 bits per heavy atom. The average Bonchev–Trinajstić information content (AvgIpc) is 1.95. The smallest absolute Gasteiger partial charge is 0.0781 e. The zero-order valence-corrected chi connectivity index (χ0v) is 10.3. The molecule has 0 saturated carbocycles. The first-order valence-electron chi connectivity index (χ1n) is 5.33. The Morgan fingerprint density at radius 1 is 1.15 bits per heavy atom. The zero-order chi connectivity index (χ0) is 10.5. The van der Waals surface area contributed by atoms with E-state index >= 15 is 0 Å². The van der Waals surface area contributed by atoms with Crippen molar-refractivity contribution in [1.29, 1.82) is 0 Å². The summed E-state index contributed by atoms with van der Waals surface area (Å²) in [4.78, 5) is 2.34. The lowest BCUT2D eigenvalue weighted by Crippen LogP contribution is -2.36. The Hall–Kier alpha value is -0.0800. The summed E-state index contributed by atoms with van der Waals surface area (Å²) >= 11 is 0. The predicted molar refractivity (Wildman–Crippen MR) is 59.9 cm³/mol. The molecule has 0 aliphatic rings. The van der Waals surface area contributed by atoms with Gasteiger partial charge in [-0.15, -0.1) is 0 Å². The Morgan fingerprint density at radius 3 is 2.00 bits per heavy atom. The van der Waals surface area contributed by atoms with Gasteiger partial charge in [0.05, 0.1) is 27.7 Å². The van der Waals surface area contributed by atoms with Crippen LogP contribution < -0.4 is 0 Å². The van der Waals surface area contributed by atoms with Crippen molar-refractivity contribution in [3.63, 3.8) is 0 Å². The average molecular weight is 187 g/mol. The van der Waals surface area contributed by atoms with E-state index in [0.717, 1.165) is 10.5 Å². The van der Waals surface area contributed by atoms with Gasteiger partial charge in [-0.3, -0.25) is 0 Å². The molecular formula is C11H27N2+. The molecule has 2 heteroatoms. The number of rotatable bonds is 6. The highest BCUT2D eigenvalue weighted by Crippen LogP contribution is 2.08. The van der Waals surface area contributed by atoms with Crippen LogP contribution in [0.25, 0.3) is 0 Å². The van der Waals surface area contributed by atoms with Crippen LogP contribution in [-0.2, 0) is 0 Å². The maximum atomic E-state index is 2.34. The molecule has 0 saturated heterocycles. The van der Waals surface area contributed by atoms with Crippen LogP contribution in [0, 0.1) is 0 Å². The monoisotopic (exact) mass is 187 g/mol. The van der Waals surface area contributed by atoms with E-state index < -0.39 is 0 Å². The van der Waals surface area contributed by atoms with E-state index in [1.54, 1.807) is 0 Å². The second-order valence-corrected chi connectivity index (χ2v) is 5.18. The van der Waals surface area contributed by atoms with E-state index in [9.17, 15) is 0 Å². The van der Waals surface area contributed by atoms with Crippen LogP contribution in [0.1, 0.15) is 26.2 Å². The highest BCUT2D eigenvalue weighted by atomic mass is 15.3. The lowest BCUT2D eigenvalue weighted by molar-refractivity contribution is -0.870. The molecule has 0 aliphatic carbocycles. The fraction of sp³-hybridized carbons (Fsp3) is 1.00. The van der Waals surface area contributed by atoms with Crippen LogP contribution in [0.4, 0.5) is 0 Å². The second-order valence-electron chi connectivity index (χ2n) is 5.18. The van der Waals surface area contributed by atoms with Crippen molar-refractivity contribution >= 4 is 0 Å². The van der Waals surface area contributed by atoms with E-state index in [2.05, 4.69) is 47.1 Å². The normalized spacial score (nSPS) is 15.0. The summed E-state index contributed by atoms with van der Waals surface area (Å²) in [6.45, 7) is 3.56. The molecule has 0 rings (SSSR count). The quantitative estimate of drug-likeness (QED) is 0.573. The van der Waals surface area contributed by atoms with Gasteiger partial charge in [0, 0.05) is 6.04 Å². The Bertz CT molecular complexity index is 125. The van der Waals surface area contributed by atoms with Gasteiger partial charge in [0.15, 0.2) is 0 Å². The molecule has 1 unspecified atom stereocenters. The summed E-state index contributed by atoms with van der Waals surface area (Å²) < 4.78 is 1.09. The van der Waals surface area contributed by atoms with Gasteiger partial charge < -0.3 is 9.38 Å². The molecule has 0 spiro atoms. The highest BCUT2D eigenvalue weighted by Gasteiger charge is 2.11. The number of quaternary nitrogens is 1. The lowest BCUT2D eigenvalue weighted by atomic mass is 10.1. The van der Waals surface area contributed by atoms with Gasteiger partial charge in [-0.2, -0.15) is 0 Å². The minimum absolute atomic E-state index is 0.770. The van der Waals surface area contributed by atoms with Gasteiger partial charge in [0.25, 0.3) is 0 Å². The number of nitrogens with zero attached hydrogens (tertiary/aromatic N) is 2. The molecule has 80 valence electrons. The summed E-state index contributed by atoms with van der Waals surface area (Å²) in [5, 5.41) is 0. The van der Waals surface area contributed by atoms with Gasteiger partial charge >= 0.3 is 0 Å². The summed E-state index contributed by atoms with van der Waals surface area (Å²) in [5.41, 5.74) is 0. The zero-order valence-electron chi connectivity index (χ0n) is 10.3. The van der Waals surface area contributed by atoms with Gasteiger partial charge in [-0.25, -0.2) is 0 Å². The Balaban J connectivity index is 3.62. The fourth-order valence-electron chi connectivity index (χ4n) is 1.63. The Labute approximate surface area is 84.1 Å². The van der Waals surface area contributed by atoms with Crippen molar-refractivity contribution in [2.75, 3.05) is 41.8 Å². The van der Waals surface area contributed by atoms with Crippen molar-refractivity contribution in [3.05, 3.63) is 0 Å². The summed E-state index contributed by atoms with van der Waals surface area (Å²) in [6, 6.07) is 0.770. The van der Waals surface area contributed by atoms with E-state index in [-0.39, 0.29) is 0 Å². The molecule has 0 aromatic heterocycles. The van der Waals surface area contributed by atoms with Crippen molar-refractivity contribution < 1.29 is 4.48 Å². The molecule has 2 nitrogen and oxygen atoms in total. The molecule has 0 amide bonds.